The molecule has 0 aliphatic carbocycles. The van der Waals surface area contributed by atoms with Crippen LogP contribution in [0.3, 0.4) is 0 Å². The van der Waals surface area contributed by atoms with E-state index in [4.69, 9.17) is 21.9 Å². The highest BCUT2D eigenvalue weighted by Crippen LogP contribution is 2.29. The van der Waals surface area contributed by atoms with Gasteiger partial charge >= 0.3 is 0 Å². The Bertz CT molecular complexity index is 712. The maximum atomic E-state index is 5.94. The Morgan fingerprint density at radius 2 is 1.89 bits per heavy atom. The third kappa shape index (κ3) is 2.28. The summed E-state index contributed by atoms with van der Waals surface area (Å²) in [5, 5.41) is 4.48. The van der Waals surface area contributed by atoms with Crippen molar-refractivity contribution < 1.29 is 4.52 Å². The highest BCUT2D eigenvalue weighted by Gasteiger charge is 2.13. The summed E-state index contributed by atoms with van der Waals surface area (Å²) in [6.45, 7) is 0. The smallest absolute Gasteiger partial charge is 0.260 e. The second-order valence-electron chi connectivity index (χ2n) is 3.89. The summed E-state index contributed by atoms with van der Waals surface area (Å²) >= 11 is 5.94. The molecule has 94 valence electrons. The molecule has 0 unspecified atom stereocenters. The van der Waals surface area contributed by atoms with Gasteiger partial charge in [0.05, 0.1) is 5.56 Å². The zero-order valence-corrected chi connectivity index (χ0v) is 10.5. The van der Waals surface area contributed by atoms with Crippen molar-refractivity contribution in [1.82, 2.24) is 15.1 Å². The molecule has 2 N–H and O–H groups in total. The summed E-state index contributed by atoms with van der Waals surface area (Å²) in [5.41, 5.74) is 7.86. The summed E-state index contributed by atoms with van der Waals surface area (Å²) < 4.78 is 5.22. The van der Waals surface area contributed by atoms with Gasteiger partial charge in [0.25, 0.3) is 5.89 Å². The van der Waals surface area contributed by atoms with E-state index in [1.54, 1.807) is 42.7 Å². The third-order valence-corrected chi connectivity index (χ3v) is 2.85. The number of nitrogens with zero attached hydrogens (tertiary/aromatic N) is 3. The lowest BCUT2D eigenvalue weighted by Crippen LogP contribution is -1.90. The minimum atomic E-state index is 0.340. The normalized spacial score (nSPS) is 10.6. The molecule has 0 radical (unpaired) electrons. The fraction of sp³-hybridized carbons (Fsp3) is 0. The molecule has 0 aliphatic rings. The topological polar surface area (TPSA) is 77.8 Å². The van der Waals surface area contributed by atoms with E-state index in [2.05, 4.69) is 15.1 Å². The number of benzene rings is 1. The first kappa shape index (κ1) is 11.7. The minimum absolute atomic E-state index is 0.340. The van der Waals surface area contributed by atoms with Gasteiger partial charge in [0.15, 0.2) is 0 Å². The molecule has 1 aromatic carbocycles. The summed E-state index contributed by atoms with van der Waals surface area (Å²) in [6, 6.07) is 8.71. The summed E-state index contributed by atoms with van der Waals surface area (Å²) in [7, 11) is 0. The fourth-order valence-electron chi connectivity index (χ4n) is 1.66. The maximum Gasteiger partial charge on any atom is 0.260 e. The number of rotatable bonds is 2. The van der Waals surface area contributed by atoms with Crippen LogP contribution in [0.4, 0.5) is 5.69 Å². The number of hydrogen-bond acceptors (Lipinski definition) is 5. The zero-order valence-electron chi connectivity index (χ0n) is 9.75. The number of aromatic nitrogens is 3. The predicted molar refractivity (Wildman–Crippen MR) is 72.4 cm³/mol. The molecule has 2 heterocycles. The molecule has 3 rings (SSSR count). The second-order valence-corrected chi connectivity index (χ2v) is 4.33. The maximum absolute atomic E-state index is 5.94. The van der Waals surface area contributed by atoms with Crippen molar-refractivity contribution in [2.45, 2.75) is 0 Å². The highest BCUT2D eigenvalue weighted by molar-refractivity contribution is 6.31. The Balaban J connectivity index is 2.04. The number of anilines is 1. The van der Waals surface area contributed by atoms with Gasteiger partial charge < -0.3 is 10.3 Å². The Morgan fingerprint density at radius 3 is 2.68 bits per heavy atom. The van der Waals surface area contributed by atoms with Gasteiger partial charge in [-0.05, 0) is 30.3 Å². The van der Waals surface area contributed by atoms with Gasteiger partial charge in [-0.15, -0.1) is 0 Å². The molecule has 2 aromatic heterocycles. The average molecular weight is 273 g/mol. The van der Waals surface area contributed by atoms with Crippen LogP contribution in [-0.4, -0.2) is 15.1 Å². The van der Waals surface area contributed by atoms with E-state index in [1.807, 2.05) is 0 Å². The van der Waals surface area contributed by atoms with Gasteiger partial charge in [0.2, 0.25) is 5.82 Å². The molecule has 0 bridgehead atoms. The zero-order chi connectivity index (χ0) is 13.2. The number of halogens is 1. The van der Waals surface area contributed by atoms with Gasteiger partial charge in [0.1, 0.15) is 0 Å². The monoisotopic (exact) mass is 272 g/mol. The minimum Gasteiger partial charge on any atom is -0.398 e. The molecule has 5 nitrogen and oxygen atoms in total. The van der Waals surface area contributed by atoms with Crippen LogP contribution in [0.25, 0.3) is 22.8 Å². The molecule has 6 heteroatoms. The first-order valence-corrected chi connectivity index (χ1v) is 5.91. The Labute approximate surface area is 114 Å². The lowest BCUT2D eigenvalue weighted by Gasteiger charge is -2.00. The van der Waals surface area contributed by atoms with E-state index in [9.17, 15) is 0 Å². The van der Waals surface area contributed by atoms with Gasteiger partial charge in [-0.1, -0.05) is 16.8 Å². The Hall–Kier alpha value is -2.40. The van der Waals surface area contributed by atoms with E-state index in [0.717, 1.165) is 5.56 Å². The summed E-state index contributed by atoms with van der Waals surface area (Å²) in [4.78, 5) is 8.25. The summed E-state index contributed by atoms with van der Waals surface area (Å²) in [6.07, 6.45) is 3.33. The molecule has 19 heavy (non-hydrogen) atoms. The first-order chi connectivity index (χ1) is 9.24. The molecule has 0 spiro atoms. The number of nitrogen functional groups attached to an aromatic ring is 1. The molecule has 0 saturated heterocycles. The van der Waals surface area contributed by atoms with Gasteiger partial charge in [0, 0.05) is 28.7 Å². The van der Waals surface area contributed by atoms with Crippen LogP contribution in [0.2, 0.25) is 5.02 Å². The van der Waals surface area contributed by atoms with Crippen LogP contribution < -0.4 is 5.73 Å². The van der Waals surface area contributed by atoms with Crippen LogP contribution in [0.1, 0.15) is 0 Å². The highest BCUT2D eigenvalue weighted by atomic mass is 35.5. The fourth-order valence-corrected chi connectivity index (χ4v) is 1.84. The van der Waals surface area contributed by atoms with Crippen LogP contribution in [0, 0.1) is 0 Å². The van der Waals surface area contributed by atoms with Crippen molar-refractivity contribution in [3.05, 3.63) is 47.7 Å². The van der Waals surface area contributed by atoms with E-state index in [-0.39, 0.29) is 0 Å². The molecule has 0 saturated carbocycles. The van der Waals surface area contributed by atoms with E-state index in [1.165, 1.54) is 0 Å². The molecule has 3 aromatic rings. The molecule has 0 atom stereocenters. The van der Waals surface area contributed by atoms with Crippen LogP contribution in [0.15, 0.2) is 47.2 Å². The number of nitrogens with two attached hydrogens (primary N) is 1. The van der Waals surface area contributed by atoms with E-state index >= 15 is 0 Å². The lowest BCUT2D eigenvalue weighted by atomic mass is 10.2. The average Bonchev–Trinajstić information content (AvgIpc) is 2.92. The largest absolute Gasteiger partial charge is 0.398 e. The molecule has 0 fully saturated rings. The van der Waals surface area contributed by atoms with Gasteiger partial charge in [-0.25, -0.2) is 0 Å². The van der Waals surface area contributed by atoms with Crippen molar-refractivity contribution >= 4 is 17.3 Å². The molecular formula is C13H9ClN4O. The van der Waals surface area contributed by atoms with E-state index < -0.39 is 0 Å². The van der Waals surface area contributed by atoms with Crippen LogP contribution in [-0.2, 0) is 0 Å². The van der Waals surface area contributed by atoms with Crippen LogP contribution >= 0.6 is 11.6 Å². The van der Waals surface area contributed by atoms with Crippen molar-refractivity contribution in [3.8, 4) is 22.8 Å². The van der Waals surface area contributed by atoms with Crippen LogP contribution in [0.5, 0.6) is 0 Å². The Kier molecular flexibility index (Phi) is 2.89. The second kappa shape index (κ2) is 4.70. The lowest BCUT2D eigenvalue weighted by molar-refractivity contribution is 0.432. The number of pyridine rings is 1. The van der Waals surface area contributed by atoms with Gasteiger partial charge in [-0.2, -0.15) is 4.98 Å². The van der Waals surface area contributed by atoms with Crippen molar-refractivity contribution in [2.24, 2.45) is 0 Å². The van der Waals surface area contributed by atoms with E-state index in [0.29, 0.717) is 28.0 Å². The van der Waals surface area contributed by atoms with Crippen molar-refractivity contribution in [1.29, 1.82) is 0 Å². The predicted octanol–water partition coefficient (Wildman–Crippen LogP) is 3.03. The quantitative estimate of drug-likeness (QED) is 0.726. The molecule has 0 amide bonds. The summed E-state index contributed by atoms with van der Waals surface area (Å²) in [5.74, 6) is 0.823. The Morgan fingerprint density at radius 1 is 1.11 bits per heavy atom. The SMILES string of the molecule is Nc1ccc(Cl)cc1-c1nc(-c2ccncc2)no1. The molecule has 0 aliphatic heterocycles. The third-order valence-electron chi connectivity index (χ3n) is 2.61. The number of hydrogen-bond donors (Lipinski definition) is 1. The van der Waals surface area contributed by atoms with Gasteiger partial charge in [-0.3, -0.25) is 4.98 Å². The van der Waals surface area contributed by atoms with Crippen molar-refractivity contribution in [2.75, 3.05) is 5.73 Å². The standard InChI is InChI=1S/C13H9ClN4O/c14-9-1-2-11(15)10(7-9)13-17-12(18-19-13)8-3-5-16-6-4-8/h1-7H,15H2. The first-order valence-electron chi connectivity index (χ1n) is 5.53. The van der Waals surface area contributed by atoms with Crippen molar-refractivity contribution in [3.63, 3.8) is 0 Å². The molecular weight excluding hydrogens is 264 g/mol.